The second kappa shape index (κ2) is 3.00. The Labute approximate surface area is 59.9 Å². The summed E-state index contributed by atoms with van der Waals surface area (Å²) >= 11 is 0. The van der Waals surface area contributed by atoms with Crippen LogP contribution in [-0.2, 0) is 0 Å². The average Bonchev–Trinajstić information content (AvgIpc) is 2.05. The van der Waals surface area contributed by atoms with Gasteiger partial charge in [-0.15, -0.1) is 0 Å². The summed E-state index contributed by atoms with van der Waals surface area (Å²) in [7, 11) is 0. The number of rotatable bonds is 1. The lowest BCUT2D eigenvalue weighted by atomic mass is 10.1. The number of hydrogen-bond acceptors (Lipinski definition) is 2. The average molecular weight is 131 g/mol. The van der Waals surface area contributed by atoms with Crippen molar-refractivity contribution < 1.29 is 0 Å². The number of nitrogens with two attached hydrogens (primary N) is 1. The summed E-state index contributed by atoms with van der Waals surface area (Å²) < 4.78 is 0. The van der Waals surface area contributed by atoms with E-state index in [4.69, 9.17) is 11.0 Å². The number of hydrogen-bond donors (Lipinski definition) is 1. The van der Waals surface area contributed by atoms with Gasteiger partial charge in [0.1, 0.15) is 0 Å². The SMILES string of the molecule is N#C[C](N)c1ccccc1. The van der Waals surface area contributed by atoms with E-state index in [-0.39, 0.29) is 6.04 Å². The second-order valence-electron chi connectivity index (χ2n) is 1.89. The van der Waals surface area contributed by atoms with Crippen LogP contribution >= 0.6 is 0 Å². The van der Waals surface area contributed by atoms with Crippen molar-refractivity contribution in [2.24, 2.45) is 5.73 Å². The molecule has 0 bridgehead atoms. The van der Waals surface area contributed by atoms with Crippen LogP contribution in [0.4, 0.5) is 0 Å². The van der Waals surface area contributed by atoms with Gasteiger partial charge < -0.3 is 5.73 Å². The molecule has 10 heavy (non-hydrogen) atoms. The fourth-order valence-corrected chi connectivity index (χ4v) is 0.682. The summed E-state index contributed by atoms with van der Waals surface area (Å²) in [5.74, 6) is 0. The smallest absolute Gasteiger partial charge is 0.165 e. The van der Waals surface area contributed by atoms with E-state index in [1.165, 1.54) is 0 Å². The topological polar surface area (TPSA) is 49.8 Å². The van der Waals surface area contributed by atoms with Crippen molar-refractivity contribution in [1.29, 1.82) is 5.26 Å². The molecule has 0 atom stereocenters. The van der Waals surface area contributed by atoms with Crippen molar-refractivity contribution in [2.75, 3.05) is 0 Å². The summed E-state index contributed by atoms with van der Waals surface area (Å²) in [6.07, 6.45) is 0. The zero-order chi connectivity index (χ0) is 7.40. The maximum atomic E-state index is 8.38. The van der Waals surface area contributed by atoms with Crippen LogP contribution in [-0.4, -0.2) is 0 Å². The maximum absolute atomic E-state index is 8.38. The molecule has 1 rings (SSSR count). The molecule has 0 amide bonds. The molecule has 1 aromatic rings. The number of nitrogens with zero attached hydrogens (tertiary/aromatic N) is 1. The van der Waals surface area contributed by atoms with Gasteiger partial charge in [-0.3, -0.25) is 0 Å². The van der Waals surface area contributed by atoms with E-state index in [9.17, 15) is 0 Å². The fourth-order valence-electron chi connectivity index (χ4n) is 0.682. The molecule has 0 saturated heterocycles. The molecule has 1 aromatic carbocycles. The van der Waals surface area contributed by atoms with Crippen molar-refractivity contribution >= 4 is 0 Å². The van der Waals surface area contributed by atoms with Gasteiger partial charge in [-0.2, -0.15) is 5.26 Å². The van der Waals surface area contributed by atoms with E-state index >= 15 is 0 Å². The van der Waals surface area contributed by atoms with E-state index in [2.05, 4.69) is 0 Å². The van der Waals surface area contributed by atoms with E-state index in [0.717, 1.165) is 5.56 Å². The lowest BCUT2D eigenvalue weighted by Gasteiger charge is -1.97. The summed E-state index contributed by atoms with van der Waals surface area (Å²) in [4.78, 5) is 0. The quantitative estimate of drug-likeness (QED) is 0.619. The van der Waals surface area contributed by atoms with Crippen LogP contribution in [0.25, 0.3) is 0 Å². The molecule has 2 heteroatoms. The Balaban J connectivity index is 2.88. The summed E-state index contributed by atoms with van der Waals surface area (Å²) in [5, 5.41) is 8.38. The Morgan fingerprint density at radius 3 is 2.40 bits per heavy atom. The van der Waals surface area contributed by atoms with Gasteiger partial charge in [0.2, 0.25) is 0 Å². The highest BCUT2D eigenvalue weighted by molar-refractivity contribution is 5.35. The van der Waals surface area contributed by atoms with Gasteiger partial charge in [-0.25, -0.2) is 0 Å². The summed E-state index contributed by atoms with van der Waals surface area (Å²) in [6.45, 7) is 0. The minimum atomic E-state index is 0.264. The molecule has 0 fully saturated rings. The molecule has 2 N–H and O–H groups in total. The van der Waals surface area contributed by atoms with Crippen LogP contribution in [0, 0.1) is 17.4 Å². The van der Waals surface area contributed by atoms with Crippen LogP contribution in [0.15, 0.2) is 30.3 Å². The fraction of sp³-hybridized carbons (Fsp3) is 0. The molecule has 0 unspecified atom stereocenters. The number of nitriles is 1. The Bertz CT molecular complexity index is 235. The minimum absolute atomic E-state index is 0.264. The van der Waals surface area contributed by atoms with E-state index < -0.39 is 0 Å². The van der Waals surface area contributed by atoms with Gasteiger partial charge in [0, 0.05) is 0 Å². The van der Waals surface area contributed by atoms with Crippen molar-refractivity contribution in [3.05, 3.63) is 41.9 Å². The van der Waals surface area contributed by atoms with Crippen LogP contribution in [0.1, 0.15) is 5.56 Å². The van der Waals surface area contributed by atoms with Gasteiger partial charge in [-0.1, -0.05) is 30.3 Å². The first-order valence-corrected chi connectivity index (χ1v) is 2.92. The van der Waals surface area contributed by atoms with Gasteiger partial charge >= 0.3 is 0 Å². The van der Waals surface area contributed by atoms with Gasteiger partial charge in [0.15, 0.2) is 6.04 Å². The lowest BCUT2D eigenvalue weighted by molar-refractivity contribution is 1.19. The normalized spacial score (nSPS) is 9.30. The molecule has 2 nitrogen and oxygen atoms in total. The molecule has 0 saturated carbocycles. The molecule has 0 aliphatic rings. The molecule has 49 valence electrons. The molecule has 0 aromatic heterocycles. The van der Waals surface area contributed by atoms with Crippen molar-refractivity contribution in [3.63, 3.8) is 0 Å². The predicted molar refractivity (Wildman–Crippen MR) is 38.6 cm³/mol. The predicted octanol–water partition coefficient (Wildman–Crippen LogP) is 1.05. The lowest BCUT2D eigenvalue weighted by Crippen LogP contribution is -2.07. The van der Waals surface area contributed by atoms with Crippen LogP contribution < -0.4 is 5.73 Å². The van der Waals surface area contributed by atoms with Crippen molar-refractivity contribution in [2.45, 2.75) is 0 Å². The molecule has 1 radical (unpaired) electrons. The third kappa shape index (κ3) is 1.34. The number of benzene rings is 1. The summed E-state index contributed by atoms with van der Waals surface area (Å²) in [6, 6.07) is 11.3. The third-order valence-electron chi connectivity index (χ3n) is 1.21. The molecule has 0 heterocycles. The highest BCUT2D eigenvalue weighted by Crippen LogP contribution is 2.05. The van der Waals surface area contributed by atoms with Gasteiger partial charge in [-0.05, 0) is 5.56 Å². The van der Waals surface area contributed by atoms with Gasteiger partial charge in [0.25, 0.3) is 0 Å². The van der Waals surface area contributed by atoms with Crippen LogP contribution in [0.3, 0.4) is 0 Å². The standard InChI is InChI=1S/C8H7N2/c9-6-8(10)7-4-2-1-3-5-7/h1-5H,10H2. The third-order valence-corrected chi connectivity index (χ3v) is 1.21. The van der Waals surface area contributed by atoms with Crippen LogP contribution in [0.5, 0.6) is 0 Å². The zero-order valence-electron chi connectivity index (χ0n) is 5.41. The minimum Gasteiger partial charge on any atom is -0.307 e. The van der Waals surface area contributed by atoms with E-state index in [1.54, 1.807) is 12.1 Å². The second-order valence-corrected chi connectivity index (χ2v) is 1.89. The molecule has 0 aliphatic carbocycles. The highest BCUT2D eigenvalue weighted by Gasteiger charge is 2.01. The first-order valence-electron chi connectivity index (χ1n) is 2.92. The monoisotopic (exact) mass is 131 g/mol. The Morgan fingerprint density at radius 2 is 1.90 bits per heavy atom. The largest absolute Gasteiger partial charge is 0.307 e. The Morgan fingerprint density at radius 1 is 1.30 bits per heavy atom. The molecular weight excluding hydrogens is 124 g/mol. The summed E-state index contributed by atoms with van der Waals surface area (Å²) in [5.41, 5.74) is 6.13. The van der Waals surface area contributed by atoms with E-state index in [1.807, 2.05) is 24.3 Å². The van der Waals surface area contributed by atoms with E-state index in [0.29, 0.717) is 0 Å². The Kier molecular flexibility index (Phi) is 2.03. The van der Waals surface area contributed by atoms with Gasteiger partial charge in [0.05, 0.1) is 6.07 Å². The maximum Gasteiger partial charge on any atom is 0.165 e. The first kappa shape index (κ1) is 6.79. The Hall–Kier alpha value is -1.33. The van der Waals surface area contributed by atoms with Crippen molar-refractivity contribution in [3.8, 4) is 6.07 Å². The highest BCUT2D eigenvalue weighted by atomic mass is 14.6. The molecule has 0 spiro atoms. The molecule has 0 aliphatic heterocycles. The first-order chi connectivity index (χ1) is 4.84. The molecular formula is C8H7N2. The van der Waals surface area contributed by atoms with Crippen molar-refractivity contribution in [1.82, 2.24) is 0 Å². The zero-order valence-corrected chi connectivity index (χ0v) is 5.41. The van der Waals surface area contributed by atoms with Crippen LogP contribution in [0.2, 0.25) is 0 Å².